The zero-order chi connectivity index (χ0) is 9.19. The van der Waals surface area contributed by atoms with Crippen molar-refractivity contribution in [3.8, 4) is 5.75 Å². The second-order valence-electron chi connectivity index (χ2n) is 2.00. The molecule has 0 fully saturated rings. The number of hydrogen-bond donors (Lipinski definition) is 0. The highest BCUT2D eigenvalue weighted by atomic mass is 79.9. The van der Waals surface area contributed by atoms with Gasteiger partial charge in [0.25, 0.3) is 0 Å². The third kappa shape index (κ3) is 6.91. The average Bonchev–Trinajstić information content (AvgIpc) is 1.91. The topological polar surface area (TPSA) is 9.23 Å². The maximum Gasteiger partial charge on any atom is 0.573 e. The maximum atomic E-state index is 11.6. The maximum absolute atomic E-state index is 11.6. The molecule has 7 heteroatoms. The molecule has 0 N–H and O–H groups in total. The van der Waals surface area contributed by atoms with Crippen LogP contribution in [0.25, 0.3) is 0 Å². The van der Waals surface area contributed by atoms with Gasteiger partial charge in [-0.1, -0.05) is 15.9 Å². The Labute approximate surface area is 114 Å². The van der Waals surface area contributed by atoms with Crippen LogP contribution in [0.5, 0.6) is 5.75 Å². The molecule has 78 valence electrons. The molecule has 1 aromatic rings. The van der Waals surface area contributed by atoms with E-state index in [9.17, 15) is 13.2 Å². The Morgan fingerprint density at radius 1 is 1.07 bits per heavy atom. The van der Waals surface area contributed by atoms with E-state index >= 15 is 0 Å². The molecule has 0 aliphatic carbocycles. The first-order valence-corrected chi connectivity index (χ1v) is 3.78. The Morgan fingerprint density at radius 2 is 1.50 bits per heavy atom. The molecule has 0 bridgehead atoms. The molecule has 0 spiro atoms. The van der Waals surface area contributed by atoms with Gasteiger partial charge in [-0.3, -0.25) is 0 Å². The number of alkyl halides is 3. The van der Waals surface area contributed by atoms with Crippen molar-refractivity contribution in [1.82, 2.24) is 0 Å². The zero-order valence-electron chi connectivity index (χ0n) is 6.14. The highest BCUT2D eigenvalue weighted by Gasteiger charge is 2.30. The van der Waals surface area contributed by atoms with Gasteiger partial charge in [0.2, 0.25) is 0 Å². The van der Waals surface area contributed by atoms with E-state index in [2.05, 4.69) is 20.7 Å². The van der Waals surface area contributed by atoms with Crippen LogP contribution >= 0.6 is 32.9 Å². The Kier molecular flexibility index (Phi) is 8.37. The molecule has 1 aromatic carbocycles. The molecule has 14 heavy (non-hydrogen) atoms. The lowest BCUT2D eigenvalue weighted by Crippen LogP contribution is -2.16. The molecule has 0 atom stereocenters. The van der Waals surface area contributed by atoms with Crippen molar-refractivity contribution in [2.24, 2.45) is 0 Å². The van der Waals surface area contributed by atoms with E-state index in [0.29, 0.717) is 4.47 Å². The SMILES string of the molecule is Br.FC(F)(F)Oc1ccc(Br)cc1.[MgH2]. The molecule has 0 heterocycles. The molecular formula is C7H7Br2F3MgO. The molecule has 1 nitrogen and oxygen atoms in total. The molecule has 0 saturated carbocycles. The quantitative estimate of drug-likeness (QED) is 0.709. The van der Waals surface area contributed by atoms with E-state index in [0.717, 1.165) is 0 Å². The lowest BCUT2D eigenvalue weighted by Gasteiger charge is -2.07. The van der Waals surface area contributed by atoms with Gasteiger partial charge in [-0.25, -0.2) is 0 Å². The summed E-state index contributed by atoms with van der Waals surface area (Å²) in [6.07, 6.45) is -4.62. The van der Waals surface area contributed by atoms with Gasteiger partial charge in [-0.05, 0) is 24.3 Å². The number of halogens is 5. The number of benzene rings is 1. The second-order valence-corrected chi connectivity index (χ2v) is 2.92. The molecule has 0 saturated heterocycles. The zero-order valence-corrected chi connectivity index (χ0v) is 9.44. The lowest BCUT2D eigenvalue weighted by molar-refractivity contribution is -0.274. The van der Waals surface area contributed by atoms with Crippen molar-refractivity contribution in [3.05, 3.63) is 28.7 Å². The van der Waals surface area contributed by atoms with Crippen LogP contribution < -0.4 is 4.74 Å². The summed E-state index contributed by atoms with van der Waals surface area (Å²) in [5, 5.41) is 0. The summed E-state index contributed by atoms with van der Waals surface area (Å²) in [6.45, 7) is 0. The summed E-state index contributed by atoms with van der Waals surface area (Å²) in [5.41, 5.74) is 0. The molecule has 0 aliphatic heterocycles. The predicted molar refractivity (Wildman–Crippen MR) is 59.7 cm³/mol. The van der Waals surface area contributed by atoms with Crippen LogP contribution in [0.2, 0.25) is 0 Å². The minimum Gasteiger partial charge on any atom is -0.406 e. The van der Waals surface area contributed by atoms with E-state index in [1.54, 1.807) is 0 Å². The summed E-state index contributed by atoms with van der Waals surface area (Å²) in [5.74, 6) is -0.217. The van der Waals surface area contributed by atoms with E-state index in [-0.39, 0.29) is 45.8 Å². The van der Waals surface area contributed by atoms with Crippen LogP contribution in [0.4, 0.5) is 13.2 Å². The molecule has 0 unspecified atom stereocenters. The minimum absolute atomic E-state index is 0. The minimum atomic E-state index is -4.62. The third-order valence-electron chi connectivity index (χ3n) is 1.05. The van der Waals surface area contributed by atoms with Gasteiger partial charge in [0.15, 0.2) is 0 Å². The predicted octanol–water partition coefficient (Wildman–Crippen LogP) is 3.01. The van der Waals surface area contributed by atoms with Crippen molar-refractivity contribution in [2.45, 2.75) is 6.36 Å². The van der Waals surface area contributed by atoms with E-state index < -0.39 is 6.36 Å². The average molecular weight is 348 g/mol. The number of rotatable bonds is 1. The van der Waals surface area contributed by atoms with Crippen LogP contribution in [0, 0.1) is 0 Å². The van der Waals surface area contributed by atoms with Crippen LogP contribution in [0.3, 0.4) is 0 Å². The molecule has 0 aromatic heterocycles. The van der Waals surface area contributed by atoms with Gasteiger partial charge in [-0.2, -0.15) is 0 Å². The highest BCUT2D eigenvalue weighted by molar-refractivity contribution is 9.10. The van der Waals surface area contributed by atoms with Crippen molar-refractivity contribution in [1.29, 1.82) is 0 Å². The molecule has 0 amide bonds. The smallest absolute Gasteiger partial charge is 0.406 e. The van der Waals surface area contributed by atoms with Crippen LogP contribution in [0.15, 0.2) is 28.7 Å². The van der Waals surface area contributed by atoms with Gasteiger partial charge in [-0.15, -0.1) is 30.2 Å². The van der Waals surface area contributed by atoms with Gasteiger partial charge in [0.05, 0.1) is 0 Å². The molecule has 0 radical (unpaired) electrons. The van der Waals surface area contributed by atoms with Crippen LogP contribution in [0.1, 0.15) is 0 Å². The summed E-state index contributed by atoms with van der Waals surface area (Å²) in [7, 11) is 0. The summed E-state index contributed by atoms with van der Waals surface area (Å²) in [4.78, 5) is 0. The summed E-state index contributed by atoms with van der Waals surface area (Å²) >= 11 is 3.09. The first kappa shape index (κ1) is 16.9. The van der Waals surface area contributed by atoms with Gasteiger partial charge >= 0.3 is 29.4 Å². The normalized spacial score (nSPS) is 9.71. The summed E-state index contributed by atoms with van der Waals surface area (Å²) in [6, 6.07) is 5.41. The van der Waals surface area contributed by atoms with Crippen molar-refractivity contribution < 1.29 is 17.9 Å². The van der Waals surface area contributed by atoms with E-state index in [1.165, 1.54) is 24.3 Å². The van der Waals surface area contributed by atoms with Gasteiger partial charge in [0, 0.05) is 4.47 Å². The van der Waals surface area contributed by atoms with Gasteiger partial charge in [0.1, 0.15) is 5.75 Å². The van der Waals surface area contributed by atoms with Crippen molar-refractivity contribution >= 4 is 56.0 Å². The monoisotopic (exact) mass is 346 g/mol. The standard InChI is InChI=1S/C7H4BrF3O.BrH.Mg.2H/c8-5-1-3-6(4-2-5)12-7(9,10)11;;;;/h1-4H;1H;;;. The van der Waals surface area contributed by atoms with Crippen molar-refractivity contribution in [2.75, 3.05) is 0 Å². The Hall–Kier alpha value is 0.536. The Bertz CT molecular complexity index is 263. The van der Waals surface area contributed by atoms with Crippen molar-refractivity contribution in [3.63, 3.8) is 0 Å². The van der Waals surface area contributed by atoms with Crippen LogP contribution in [-0.4, -0.2) is 29.4 Å². The number of hydrogen-bond acceptors (Lipinski definition) is 1. The first-order valence-electron chi connectivity index (χ1n) is 2.99. The summed E-state index contributed by atoms with van der Waals surface area (Å²) < 4.78 is 39.2. The second kappa shape index (κ2) is 6.92. The largest absolute Gasteiger partial charge is 0.573 e. The fourth-order valence-corrected chi connectivity index (χ4v) is 0.901. The fourth-order valence-electron chi connectivity index (χ4n) is 0.636. The highest BCUT2D eigenvalue weighted by Crippen LogP contribution is 2.23. The first-order chi connectivity index (χ1) is 5.47. The number of ether oxygens (including phenoxy) is 1. The van der Waals surface area contributed by atoms with E-state index in [1.807, 2.05) is 0 Å². The molecule has 0 aliphatic rings. The Balaban J connectivity index is 0. The molecule has 1 rings (SSSR count). The Morgan fingerprint density at radius 3 is 1.86 bits per heavy atom. The molecular weight excluding hydrogens is 341 g/mol. The van der Waals surface area contributed by atoms with Gasteiger partial charge < -0.3 is 4.74 Å². The third-order valence-corrected chi connectivity index (χ3v) is 1.58. The van der Waals surface area contributed by atoms with Crippen LogP contribution in [-0.2, 0) is 0 Å². The fraction of sp³-hybridized carbons (Fsp3) is 0.143. The lowest BCUT2D eigenvalue weighted by atomic mass is 10.3. The van der Waals surface area contributed by atoms with E-state index in [4.69, 9.17) is 0 Å².